The molecule has 1 aromatic carbocycles. The molecule has 0 heterocycles. The standard InChI is InChI=1S/C18H25NO5S/c1-5-25-15-9-7-6-8-13(15)17(21)24-11-16(20)19-14(10-12(2)3)18(22)23-4/h6-9,12,14H,5,10-11H2,1-4H3,(H,19,20)/t14-/m1/s1. The summed E-state index contributed by atoms with van der Waals surface area (Å²) >= 11 is 1.53. The number of carbonyl (C=O) groups excluding carboxylic acids is 3. The van der Waals surface area contributed by atoms with Gasteiger partial charge in [-0.1, -0.05) is 32.9 Å². The summed E-state index contributed by atoms with van der Waals surface area (Å²) in [7, 11) is 1.27. The molecule has 1 aromatic rings. The number of hydrogen-bond donors (Lipinski definition) is 1. The highest BCUT2D eigenvalue weighted by Gasteiger charge is 2.23. The van der Waals surface area contributed by atoms with Crippen molar-refractivity contribution < 1.29 is 23.9 Å². The van der Waals surface area contributed by atoms with Crippen molar-refractivity contribution in [2.75, 3.05) is 19.5 Å². The van der Waals surface area contributed by atoms with Gasteiger partial charge < -0.3 is 14.8 Å². The number of carbonyl (C=O) groups is 3. The molecule has 0 aliphatic heterocycles. The van der Waals surface area contributed by atoms with E-state index in [0.29, 0.717) is 12.0 Å². The first-order chi connectivity index (χ1) is 11.9. The van der Waals surface area contributed by atoms with Gasteiger partial charge in [0, 0.05) is 4.90 Å². The van der Waals surface area contributed by atoms with Gasteiger partial charge in [-0.2, -0.15) is 0 Å². The van der Waals surface area contributed by atoms with E-state index in [-0.39, 0.29) is 5.92 Å². The Balaban J connectivity index is 2.63. The molecule has 1 N–H and O–H groups in total. The smallest absolute Gasteiger partial charge is 0.339 e. The maximum Gasteiger partial charge on any atom is 0.339 e. The molecule has 6 nitrogen and oxygen atoms in total. The topological polar surface area (TPSA) is 81.7 Å². The van der Waals surface area contributed by atoms with Gasteiger partial charge in [-0.25, -0.2) is 9.59 Å². The van der Waals surface area contributed by atoms with Crippen molar-refractivity contribution in [3.05, 3.63) is 29.8 Å². The Morgan fingerprint density at radius 3 is 2.48 bits per heavy atom. The Morgan fingerprint density at radius 1 is 1.20 bits per heavy atom. The molecule has 138 valence electrons. The van der Waals surface area contributed by atoms with Gasteiger partial charge in [0.2, 0.25) is 0 Å². The van der Waals surface area contributed by atoms with E-state index < -0.39 is 30.5 Å². The fourth-order valence-corrected chi connectivity index (χ4v) is 2.98. The SMILES string of the molecule is CCSc1ccccc1C(=O)OCC(=O)N[C@H](CC(C)C)C(=O)OC. The van der Waals surface area contributed by atoms with Crippen molar-refractivity contribution in [3.8, 4) is 0 Å². The molecule has 0 aromatic heterocycles. The fourth-order valence-electron chi connectivity index (χ4n) is 2.19. The third kappa shape index (κ3) is 7.17. The van der Waals surface area contributed by atoms with Gasteiger partial charge in [-0.3, -0.25) is 4.79 Å². The molecule has 0 aliphatic carbocycles. The quantitative estimate of drug-likeness (QED) is 0.534. The number of nitrogens with one attached hydrogen (secondary N) is 1. The van der Waals surface area contributed by atoms with Crippen LogP contribution in [0.4, 0.5) is 0 Å². The Morgan fingerprint density at radius 2 is 1.88 bits per heavy atom. The summed E-state index contributed by atoms with van der Waals surface area (Å²) in [6, 6.07) is 6.33. The minimum atomic E-state index is -0.751. The van der Waals surface area contributed by atoms with Gasteiger partial charge in [0.05, 0.1) is 12.7 Å². The summed E-state index contributed by atoms with van der Waals surface area (Å²) in [6.07, 6.45) is 0.447. The second kappa shape index (κ2) is 10.8. The van der Waals surface area contributed by atoms with Crippen molar-refractivity contribution in [2.24, 2.45) is 5.92 Å². The fraction of sp³-hybridized carbons (Fsp3) is 0.500. The van der Waals surface area contributed by atoms with E-state index in [1.165, 1.54) is 18.9 Å². The van der Waals surface area contributed by atoms with E-state index in [0.717, 1.165) is 10.6 Å². The first kappa shape index (κ1) is 21.0. The number of hydrogen-bond acceptors (Lipinski definition) is 6. The zero-order valence-electron chi connectivity index (χ0n) is 15.0. The highest BCUT2D eigenvalue weighted by molar-refractivity contribution is 7.99. The molecule has 0 aliphatic rings. The molecule has 0 saturated heterocycles. The van der Waals surface area contributed by atoms with E-state index in [1.54, 1.807) is 12.1 Å². The number of ether oxygens (including phenoxy) is 2. The second-order valence-electron chi connectivity index (χ2n) is 5.78. The Kier molecular flexibility index (Phi) is 9.05. The molecular formula is C18H25NO5S. The third-order valence-corrected chi connectivity index (χ3v) is 4.22. The van der Waals surface area contributed by atoms with Crippen LogP contribution >= 0.6 is 11.8 Å². The molecule has 25 heavy (non-hydrogen) atoms. The number of esters is 2. The molecular weight excluding hydrogens is 342 g/mol. The molecule has 0 unspecified atom stereocenters. The zero-order chi connectivity index (χ0) is 18.8. The maximum atomic E-state index is 12.2. The molecule has 1 atom stereocenters. The van der Waals surface area contributed by atoms with Gasteiger partial charge in [0.25, 0.3) is 5.91 Å². The second-order valence-corrected chi connectivity index (χ2v) is 7.08. The van der Waals surface area contributed by atoms with Gasteiger partial charge in [0.1, 0.15) is 6.04 Å². The van der Waals surface area contributed by atoms with Crippen LogP contribution in [0.3, 0.4) is 0 Å². The summed E-state index contributed by atoms with van der Waals surface area (Å²) in [5.74, 6) is -0.598. The molecule has 1 amide bonds. The van der Waals surface area contributed by atoms with Crippen molar-refractivity contribution in [1.29, 1.82) is 0 Å². The number of rotatable bonds is 9. The molecule has 7 heteroatoms. The molecule has 0 fully saturated rings. The summed E-state index contributed by atoms with van der Waals surface area (Å²) in [5, 5.41) is 2.55. The normalized spacial score (nSPS) is 11.7. The number of benzene rings is 1. The van der Waals surface area contributed by atoms with Crippen LogP contribution in [0.25, 0.3) is 0 Å². The van der Waals surface area contributed by atoms with E-state index in [4.69, 9.17) is 4.74 Å². The van der Waals surface area contributed by atoms with Gasteiger partial charge in [-0.15, -0.1) is 11.8 Å². The number of amides is 1. The third-order valence-electron chi connectivity index (χ3n) is 3.27. The van der Waals surface area contributed by atoms with E-state index in [9.17, 15) is 14.4 Å². The maximum absolute atomic E-state index is 12.2. The van der Waals surface area contributed by atoms with Gasteiger partial charge >= 0.3 is 11.9 Å². The van der Waals surface area contributed by atoms with Crippen molar-refractivity contribution in [1.82, 2.24) is 5.32 Å². The average Bonchev–Trinajstić information content (AvgIpc) is 2.58. The first-order valence-corrected chi connectivity index (χ1v) is 9.13. The van der Waals surface area contributed by atoms with Crippen LogP contribution in [0, 0.1) is 5.92 Å². The van der Waals surface area contributed by atoms with E-state index in [1.807, 2.05) is 32.9 Å². The predicted octanol–water partition coefficient (Wildman–Crippen LogP) is 2.66. The van der Waals surface area contributed by atoms with Crippen molar-refractivity contribution >= 4 is 29.6 Å². The predicted molar refractivity (Wildman–Crippen MR) is 96.5 cm³/mol. The Labute approximate surface area is 152 Å². The summed E-state index contributed by atoms with van der Waals surface area (Å²) in [6.45, 7) is 5.41. The van der Waals surface area contributed by atoms with Crippen LogP contribution in [-0.2, 0) is 19.1 Å². The molecule has 1 rings (SSSR count). The summed E-state index contributed by atoms with van der Waals surface area (Å²) in [5.41, 5.74) is 0.425. The zero-order valence-corrected chi connectivity index (χ0v) is 15.9. The highest BCUT2D eigenvalue weighted by Crippen LogP contribution is 2.22. The monoisotopic (exact) mass is 367 g/mol. The van der Waals surface area contributed by atoms with Crippen molar-refractivity contribution in [3.63, 3.8) is 0 Å². The van der Waals surface area contributed by atoms with Crippen LogP contribution < -0.4 is 5.32 Å². The minimum Gasteiger partial charge on any atom is -0.467 e. The number of methoxy groups -OCH3 is 1. The van der Waals surface area contributed by atoms with Gasteiger partial charge in [0.15, 0.2) is 6.61 Å². The van der Waals surface area contributed by atoms with Crippen molar-refractivity contribution in [2.45, 2.75) is 38.1 Å². The van der Waals surface area contributed by atoms with Crippen LogP contribution in [-0.4, -0.2) is 43.4 Å². The molecule has 0 radical (unpaired) electrons. The van der Waals surface area contributed by atoms with Crippen LogP contribution in [0.2, 0.25) is 0 Å². The van der Waals surface area contributed by atoms with Crippen LogP contribution in [0.1, 0.15) is 37.6 Å². The van der Waals surface area contributed by atoms with Crippen LogP contribution in [0.15, 0.2) is 29.2 Å². The summed E-state index contributed by atoms with van der Waals surface area (Å²) < 4.78 is 9.77. The lowest BCUT2D eigenvalue weighted by atomic mass is 10.0. The minimum absolute atomic E-state index is 0.199. The average molecular weight is 367 g/mol. The highest BCUT2D eigenvalue weighted by atomic mass is 32.2. The lowest BCUT2D eigenvalue weighted by Crippen LogP contribution is -2.44. The molecule has 0 spiro atoms. The first-order valence-electron chi connectivity index (χ1n) is 8.15. The summed E-state index contributed by atoms with van der Waals surface area (Å²) in [4.78, 5) is 36.7. The van der Waals surface area contributed by atoms with E-state index in [2.05, 4.69) is 10.1 Å². The lowest BCUT2D eigenvalue weighted by molar-refractivity contribution is -0.145. The number of thioether (sulfide) groups is 1. The lowest BCUT2D eigenvalue weighted by Gasteiger charge is -2.18. The molecule has 0 bridgehead atoms. The largest absolute Gasteiger partial charge is 0.467 e. The van der Waals surface area contributed by atoms with Gasteiger partial charge in [-0.05, 0) is 30.2 Å². The Hall–Kier alpha value is -2.02. The molecule has 0 saturated carbocycles. The Bertz CT molecular complexity index is 603. The van der Waals surface area contributed by atoms with E-state index >= 15 is 0 Å². The van der Waals surface area contributed by atoms with Crippen LogP contribution in [0.5, 0.6) is 0 Å².